The quantitative estimate of drug-likeness (QED) is 0.477. The maximum absolute atomic E-state index is 13.5. The number of carbonyl (C=O) groups is 1. The number of ether oxygens (including phenoxy) is 1. The summed E-state index contributed by atoms with van der Waals surface area (Å²) >= 11 is 0. The summed E-state index contributed by atoms with van der Waals surface area (Å²) < 4.78 is 45.4. The summed E-state index contributed by atoms with van der Waals surface area (Å²) in [7, 11) is 1.37. The molecule has 0 fully saturated rings. The van der Waals surface area contributed by atoms with Crippen LogP contribution in [0.15, 0.2) is 47.6 Å². The molecule has 0 aliphatic heterocycles. The lowest BCUT2D eigenvalue weighted by Gasteiger charge is -2.15. The number of hydrazone groups is 1. The van der Waals surface area contributed by atoms with Crippen LogP contribution < -0.4 is 5.43 Å². The number of nitrogens with one attached hydrogen (secondary N) is 1. The van der Waals surface area contributed by atoms with Gasteiger partial charge in [0.15, 0.2) is 0 Å². The Morgan fingerprint density at radius 3 is 2.48 bits per heavy atom. The minimum Gasteiger partial charge on any atom is -0.508 e. The number of methoxy groups -OCH3 is 1. The zero-order valence-electron chi connectivity index (χ0n) is 13.2. The molecule has 0 atom stereocenters. The second kappa shape index (κ2) is 7.80. The van der Waals surface area contributed by atoms with Gasteiger partial charge in [0.2, 0.25) is 6.41 Å². The van der Waals surface area contributed by atoms with E-state index in [1.165, 1.54) is 43.5 Å². The lowest BCUT2D eigenvalue weighted by Crippen LogP contribution is -2.16. The number of alkyl halides is 3. The van der Waals surface area contributed by atoms with Crippen molar-refractivity contribution in [1.82, 2.24) is 5.43 Å². The number of halogens is 3. The second-order valence-electron chi connectivity index (χ2n) is 5.04. The van der Waals surface area contributed by atoms with E-state index in [2.05, 4.69) is 10.5 Å². The van der Waals surface area contributed by atoms with Gasteiger partial charge in [-0.05, 0) is 29.3 Å². The average Bonchev–Trinajstić information content (AvgIpc) is 2.58. The molecule has 2 aromatic rings. The predicted octanol–water partition coefficient (Wildman–Crippen LogP) is 3.17. The topological polar surface area (TPSA) is 70.9 Å². The highest BCUT2D eigenvalue weighted by Gasteiger charge is 2.34. The van der Waals surface area contributed by atoms with Gasteiger partial charge < -0.3 is 9.84 Å². The van der Waals surface area contributed by atoms with Crippen molar-refractivity contribution in [3.63, 3.8) is 0 Å². The molecule has 0 heterocycles. The summed E-state index contributed by atoms with van der Waals surface area (Å²) in [6.07, 6.45) is -4.29. The fourth-order valence-corrected chi connectivity index (χ4v) is 2.27. The van der Waals surface area contributed by atoms with E-state index in [1.54, 1.807) is 0 Å². The number of phenols is 1. The molecular formula is C17H15F3N2O3. The number of amides is 1. The first kappa shape index (κ1) is 18.5. The molecule has 0 aliphatic carbocycles. The van der Waals surface area contributed by atoms with Crippen LogP contribution in [0.25, 0.3) is 11.1 Å². The van der Waals surface area contributed by atoms with Crippen LogP contribution in [-0.2, 0) is 15.7 Å². The zero-order valence-corrected chi connectivity index (χ0v) is 13.2. The maximum Gasteiger partial charge on any atom is 0.417 e. The molecule has 132 valence electrons. The van der Waals surface area contributed by atoms with Crippen LogP contribution in [0, 0.1) is 0 Å². The third-order valence-corrected chi connectivity index (χ3v) is 3.37. The lowest BCUT2D eigenvalue weighted by molar-refractivity contribution is -0.137. The molecule has 0 aliphatic rings. The Balaban J connectivity index is 2.57. The molecule has 8 heteroatoms. The Bertz CT molecular complexity index is 772. The molecule has 5 nitrogen and oxygen atoms in total. The van der Waals surface area contributed by atoms with Gasteiger partial charge in [0.05, 0.1) is 17.9 Å². The molecule has 0 radical (unpaired) electrons. The van der Waals surface area contributed by atoms with Crippen molar-refractivity contribution >= 4 is 12.1 Å². The average molecular weight is 352 g/mol. The number of carbonyl (C=O) groups excluding carboxylic acids is 1. The van der Waals surface area contributed by atoms with Gasteiger partial charge in [0, 0.05) is 12.7 Å². The molecular weight excluding hydrogens is 337 g/mol. The monoisotopic (exact) mass is 352 g/mol. The van der Waals surface area contributed by atoms with Crippen LogP contribution in [-0.4, -0.2) is 30.9 Å². The summed E-state index contributed by atoms with van der Waals surface area (Å²) in [5.41, 5.74) is 1.81. The largest absolute Gasteiger partial charge is 0.508 e. The van der Waals surface area contributed by atoms with Crippen LogP contribution >= 0.6 is 0 Å². The summed E-state index contributed by atoms with van der Waals surface area (Å²) in [4.78, 5) is 10.4. The molecule has 1 amide bonds. The molecule has 25 heavy (non-hydrogen) atoms. The van der Waals surface area contributed by atoms with E-state index in [0.29, 0.717) is 12.0 Å². The van der Waals surface area contributed by atoms with Gasteiger partial charge in [0.25, 0.3) is 0 Å². The first-order valence-electron chi connectivity index (χ1n) is 7.12. The van der Waals surface area contributed by atoms with Crippen molar-refractivity contribution in [2.45, 2.75) is 6.18 Å². The Labute approximate surface area is 141 Å². The Kier molecular flexibility index (Phi) is 5.76. The molecule has 2 rings (SSSR count). The number of nitrogens with zero attached hydrogens (tertiary/aromatic N) is 1. The standard InChI is InChI=1S/C17H15F3N2O3/c1-25-9-16(22-21-10-23)12-4-7-14(15(8-12)17(18,19)20)11-2-5-13(24)6-3-11/h2-8,10,24H,9H2,1H3,(H,21,23)/b22-16+. The van der Waals surface area contributed by atoms with Gasteiger partial charge >= 0.3 is 6.18 Å². The Morgan fingerprint density at radius 2 is 1.92 bits per heavy atom. The summed E-state index contributed by atoms with van der Waals surface area (Å²) in [5, 5.41) is 13.0. The van der Waals surface area contributed by atoms with Crippen molar-refractivity contribution in [2.24, 2.45) is 5.10 Å². The Hall–Kier alpha value is -2.87. The molecule has 0 spiro atoms. The fourth-order valence-electron chi connectivity index (χ4n) is 2.27. The highest BCUT2D eigenvalue weighted by atomic mass is 19.4. The number of phenolic OH excluding ortho intramolecular Hbond substituents is 1. The maximum atomic E-state index is 13.5. The van der Waals surface area contributed by atoms with Crippen molar-refractivity contribution < 1.29 is 27.8 Å². The third kappa shape index (κ3) is 4.57. The molecule has 2 N–H and O–H groups in total. The first-order chi connectivity index (χ1) is 11.9. The zero-order chi connectivity index (χ0) is 18.4. The van der Waals surface area contributed by atoms with Gasteiger partial charge in [-0.3, -0.25) is 4.79 Å². The van der Waals surface area contributed by atoms with Crippen molar-refractivity contribution in [2.75, 3.05) is 13.7 Å². The van der Waals surface area contributed by atoms with E-state index >= 15 is 0 Å². The van der Waals surface area contributed by atoms with Gasteiger partial charge in [-0.15, -0.1) is 0 Å². The normalized spacial score (nSPS) is 12.1. The van der Waals surface area contributed by atoms with E-state index in [9.17, 15) is 23.1 Å². The third-order valence-electron chi connectivity index (χ3n) is 3.37. The van der Waals surface area contributed by atoms with Gasteiger partial charge in [0.1, 0.15) is 5.75 Å². The van der Waals surface area contributed by atoms with Gasteiger partial charge in [-0.1, -0.05) is 24.3 Å². The number of aromatic hydroxyl groups is 1. The number of hydrogen-bond acceptors (Lipinski definition) is 4. The SMILES string of the molecule is COC/C(=N\NC=O)c1ccc(-c2ccc(O)cc2)c(C(F)(F)F)c1. The molecule has 0 unspecified atom stereocenters. The second-order valence-corrected chi connectivity index (χ2v) is 5.04. The van der Waals surface area contributed by atoms with Crippen molar-refractivity contribution in [3.05, 3.63) is 53.6 Å². The number of benzene rings is 2. The van der Waals surface area contributed by atoms with Crippen LogP contribution in [0.2, 0.25) is 0 Å². The van der Waals surface area contributed by atoms with E-state index in [0.717, 1.165) is 6.07 Å². The fraction of sp³-hybridized carbons (Fsp3) is 0.176. The van der Waals surface area contributed by atoms with Crippen LogP contribution in [0.4, 0.5) is 13.2 Å². The van der Waals surface area contributed by atoms with Crippen molar-refractivity contribution in [1.29, 1.82) is 0 Å². The molecule has 0 saturated carbocycles. The van der Waals surface area contributed by atoms with E-state index in [4.69, 9.17) is 4.74 Å². The lowest BCUT2D eigenvalue weighted by atomic mass is 9.95. The molecule has 0 aromatic heterocycles. The predicted molar refractivity (Wildman–Crippen MR) is 86.2 cm³/mol. The molecule has 0 bridgehead atoms. The summed E-state index contributed by atoms with van der Waals surface area (Å²) in [5.74, 6) is -0.0385. The molecule has 2 aromatic carbocycles. The highest BCUT2D eigenvalue weighted by molar-refractivity contribution is 6.02. The minimum atomic E-state index is -4.60. The van der Waals surface area contributed by atoms with E-state index in [1.807, 2.05) is 0 Å². The highest BCUT2D eigenvalue weighted by Crippen LogP contribution is 2.38. The summed E-state index contributed by atoms with van der Waals surface area (Å²) in [6.45, 7) is -0.0727. The first-order valence-corrected chi connectivity index (χ1v) is 7.12. The summed E-state index contributed by atoms with van der Waals surface area (Å²) in [6, 6.07) is 9.16. The van der Waals surface area contributed by atoms with Crippen molar-refractivity contribution in [3.8, 4) is 16.9 Å². The van der Waals surface area contributed by atoms with Gasteiger partial charge in [-0.25, -0.2) is 5.43 Å². The number of rotatable bonds is 6. The molecule has 0 saturated heterocycles. The van der Waals surface area contributed by atoms with Crippen LogP contribution in [0.3, 0.4) is 0 Å². The van der Waals surface area contributed by atoms with E-state index < -0.39 is 11.7 Å². The van der Waals surface area contributed by atoms with E-state index in [-0.39, 0.29) is 29.2 Å². The van der Waals surface area contributed by atoms with Crippen LogP contribution in [0.1, 0.15) is 11.1 Å². The smallest absolute Gasteiger partial charge is 0.417 e. The van der Waals surface area contributed by atoms with Crippen LogP contribution in [0.5, 0.6) is 5.75 Å². The minimum absolute atomic E-state index is 0.0311. The van der Waals surface area contributed by atoms with Gasteiger partial charge in [-0.2, -0.15) is 18.3 Å². The Morgan fingerprint density at radius 1 is 1.24 bits per heavy atom. The number of hydrogen-bond donors (Lipinski definition) is 2.